The molecule has 0 saturated heterocycles. The number of benzene rings is 2. The zero-order chi connectivity index (χ0) is 16.1. The molecular weight excluding hydrogens is 305 g/mol. The molecule has 3 nitrogen and oxygen atoms in total. The Morgan fingerprint density at radius 2 is 1.35 bits per heavy atom. The van der Waals surface area contributed by atoms with Crippen molar-refractivity contribution in [2.45, 2.75) is 43.4 Å². The fourth-order valence-electron chi connectivity index (χ4n) is 3.45. The van der Waals surface area contributed by atoms with Gasteiger partial charge in [-0.1, -0.05) is 67.1 Å². The summed E-state index contributed by atoms with van der Waals surface area (Å²) in [5.74, 6) is 0. The van der Waals surface area contributed by atoms with Crippen LogP contribution in [0, 0.1) is 0 Å². The van der Waals surface area contributed by atoms with Gasteiger partial charge in [-0.25, -0.2) is 0 Å². The average Bonchev–Trinajstić information content (AvgIpc) is 2.62. The Morgan fingerprint density at radius 3 is 1.78 bits per heavy atom. The molecule has 0 heterocycles. The first-order valence-corrected chi connectivity index (χ1v) is 9.46. The first kappa shape index (κ1) is 16.3. The van der Waals surface area contributed by atoms with E-state index < -0.39 is 13.3 Å². The predicted octanol–water partition coefficient (Wildman–Crippen LogP) is 4.76. The highest BCUT2D eigenvalue weighted by atomic mass is 31.1. The molecule has 0 bridgehead atoms. The van der Waals surface area contributed by atoms with E-state index in [0.717, 1.165) is 43.2 Å². The maximum absolute atomic E-state index is 12.2. The molecule has 3 rings (SSSR count). The summed E-state index contributed by atoms with van der Waals surface area (Å²) in [4.78, 5) is 10.0. The molecule has 2 aromatic rings. The van der Waals surface area contributed by atoms with Gasteiger partial charge in [0.2, 0.25) is 5.28 Å². The molecule has 0 aromatic heterocycles. The predicted molar refractivity (Wildman–Crippen MR) is 93.5 cm³/mol. The Kier molecular flexibility index (Phi) is 5.22. The summed E-state index contributed by atoms with van der Waals surface area (Å²) in [6.45, 7) is 0. The van der Waals surface area contributed by atoms with E-state index in [1.54, 1.807) is 0 Å². The lowest BCUT2D eigenvalue weighted by molar-refractivity contribution is 0.284. The summed E-state index contributed by atoms with van der Waals surface area (Å²) in [5, 5.41) is 2.89. The van der Waals surface area contributed by atoms with Crippen LogP contribution >= 0.6 is 8.03 Å². The van der Waals surface area contributed by atoms with E-state index in [4.69, 9.17) is 0 Å². The van der Waals surface area contributed by atoms with E-state index in [1.807, 2.05) is 36.4 Å². The van der Waals surface area contributed by atoms with Gasteiger partial charge < -0.3 is 0 Å². The molecule has 0 radical (unpaired) electrons. The molecule has 0 amide bonds. The topological polar surface area (TPSA) is 49.3 Å². The van der Waals surface area contributed by atoms with Gasteiger partial charge in [0.15, 0.2) is 0 Å². The van der Waals surface area contributed by atoms with Gasteiger partial charge in [0.05, 0.1) is 6.04 Å². The zero-order valence-electron chi connectivity index (χ0n) is 13.2. The van der Waals surface area contributed by atoms with Crippen LogP contribution in [0.15, 0.2) is 60.7 Å². The number of nitrogens with one attached hydrogen (secondary N) is 1. The van der Waals surface area contributed by atoms with Gasteiger partial charge in [0.25, 0.3) is 0 Å². The van der Waals surface area contributed by atoms with E-state index in [1.165, 1.54) is 0 Å². The van der Waals surface area contributed by atoms with E-state index in [9.17, 15) is 9.46 Å². The quantitative estimate of drug-likeness (QED) is 0.778. The molecule has 0 spiro atoms. The fourth-order valence-corrected chi connectivity index (χ4v) is 4.38. The number of rotatable bonds is 5. The maximum atomic E-state index is 12.2. The fraction of sp³-hybridized carbons (Fsp3) is 0.368. The molecule has 4 heteroatoms. The lowest BCUT2D eigenvalue weighted by Crippen LogP contribution is -2.45. The van der Waals surface area contributed by atoms with Crippen LogP contribution in [-0.4, -0.2) is 10.2 Å². The van der Waals surface area contributed by atoms with Gasteiger partial charge in [0, 0.05) is 12.8 Å². The lowest BCUT2D eigenvalue weighted by Gasteiger charge is -2.32. The van der Waals surface area contributed by atoms with Crippen molar-refractivity contribution in [1.82, 2.24) is 5.32 Å². The monoisotopic (exact) mass is 328 g/mol. The summed E-state index contributed by atoms with van der Waals surface area (Å²) < 4.78 is 12.2. The van der Waals surface area contributed by atoms with Crippen LogP contribution in [0.2, 0.25) is 0 Å². The maximum Gasteiger partial charge on any atom is 0.527 e. The SMILES string of the molecule is O=[P+](O)C1(NC(c2ccccc2)c2ccccc2)CCCCC1. The average molecular weight is 328 g/mol. The summed E-state index contributed by atoms with van der Waals surface area (Å²) in [5.41, 5.74) is 2.25. The second-order valence-corrected chi connectivity index (χ2v) is 7.67. The van der Waals surface area contributed by atoms with E-state index >= 15 is 0 Å². The summed E-state index contributed by atoms with van der Waals surface area (Å²) in [7, 11) is -2.28. The van der Waals surface area contributed by atoms with Crippen molar-refractivity contribution in [1.29, 1.82) is 0 Å². The van der Waals surface area contributed by atoms with Crippen molar-refractivity contribution in [2.24, 2.45) is 0 Å². The molecule has 120 valence electrons. The van der Waals surface area contributed by atoms with Crippen molar-refractivity contribution in [3.8, 4) is 0 Å². The van der Waals surface area contributed by atoms with Crippen molar-refractivity contribution in [3.63, 3.8) is 0 Å². The highest BCUT2D eigenvalue weighted by Crippen LogP contribution is 2.46. The van der Waals surface area contributed by atoms with Gasteiger partial charge in [-0.15, -0.1) is 0 Å². The normalized spacial score (nSPS) is 17.9. The van der Waals surface area contributed by atoms with Crippen LogP contribution < -0.4 is 5.32 Å². The molecule has 1 fully saturated rings. The zero-order valence-corrected chi connectivity index (χ0v) is 14.1. The van der Waals surface area contributed by atoms with Gasteiger partial charge in [-0.3, -0.25) is 5.32 Å². The number of hydrogen-bond acceptors (Lipinski definition) is 2. The molecule has 1 aliphatic carbocycles. The van der Waals surface area contributed by atoms with Crippen LogP contribution in [0.3, 0.4) is 0 Å². The van der Waals surface area contributed by atoms with E-state index in [2.05, 4.69) is 29.6 Å². The van der Waals surface area contributed by atoms with E-state index in [0.29, 0.717) is 0 Å². The Bertz CT molecular complexity index is 599. The highest BCUT2D eigenvalue weighted by molar-refractivity contribution is 7.40. The molecule has 1 atom stereocenters. The smallest absolute Gasteiger partial charge is 0.257 e. The largest absolute Gasteiger partial charge is 0.527 e. The van der Waals surface area contributed by atoms with E-state index in [-0.39, 0.29) is 6.04 Å². The lowest BCUT2D eigenvalue weighted by atomic mass is 9.91. The van der Waals surface area contributed by atoms with Crippen molar-refractivity contribution in [3.05, 3.63) is 71.8 Å². The molecule has 23 heavy (non-hydrogen) atoms. The molecular formula is C19H23NO2P+. The Labute approximate surface area is 138 Å². The standard InChI is InChI=1S/C19H22NO2P/c21-23(22)19(14-8-3-9-15-19)20-18(16-10-4-1-5-11-16)17-12-6-2-7-13-17/h1-2,4-7,10-13,18,20H,3,8-9,14-15H2/p+1. The molecule has 1 aliphatic rings. The van der Waals surface area contributed by atoms with Crippen molar-refractivity contribution >= 4 is 8.03 Å². The first-order valence-electron chi connectivity index (χ1n) is 8.25. The van der Waals surface area contributed by atoms with Crippen LogP contribution in [0.1, 0.15) is 49.3 Å². The number of hydrogen-bond donors (Lipinski definition) is 2. The van der Waals surface area contributed by atoms with Crippen LogP contribution in [0.5, 0.6) is 0 Å². The summed E-state index contributed by atoms with van der Waals surface area (Å²) in [6, 6.07) is 20.3. The minimum Gasteiger partial charge on any atom is -0.257 e. The third kappa shape index (κ3) is 3.69. The Balaban J connectivity index is 1.97. The third-order valence-electron chi connectivity index (χ3n) is 4.73. The second kappa shape index (κ2) is 7.35. The Hall–Kier alpha value is -1.54. The molecule has 0 aliphatic heterocycles. The van der Waals surface area contributed by atoms with Crippen molar-refractivity contribution in [2.75, 3.05) is 0 Å². The van der Waals surface area contributed by atoms with Crippen molar-refractivity contribution < 1.29 is 9.46 Å². The van der Waals surface area contributed by atoms with Gasteiger partial charge in [0.1, 0.15) is 0 Å². The molecule has 2 N–H and O–H groups in total. The first-order chi connectivity index (χ1) is 11.2. The van der Waals surface area contributed by atoms with Crippen LogP contribution in [-0.2, 0) is 4.57 Å². The summed E-state index contributed by atoms with van der Waals surface area (Å²) >= 11 is 0. The third-order valence-corrected chi connectivity index (χ3v) is 6.03. The van der Waals surface area contributed by atoms with Gasteiger partial charge >= 0.3 is 8.03 Å². The highest BCUT2D eigenvalue weighted by Gasteiger charge is 2.51. The molecule has 1 saturated carbocycles. The second-order valence-electron chi connectivity index (χ2n) is 6.26. The summed E-state index contributed by atoms with van der Waals surface area (Å²) in [6.07, 6.45) is 4.67. The minimum atomic E-state index is -2.28. The Morgan fingerprint density at radius 1 is 0.870 bits per heavy atom. The van der Waals surface area contributed by atoms with Crippen LogP contribution in [0.4, 0.5) is 0 Å². The van der Waals surface area contributed by atoms with Gasteiger partial charge in [-0.2, -0.15) is 4.89 Å². The van der Waals surface area contributed by atoms with Gasteiger partial charge in [-0.05, 0) is 28.5 Å². The minimum absolute atomic E-state index is 0.0680. The molecule has 1 unspecified atom stereocenters. The van der Waals surface area contributed by atoms with Crippen LogP contribution in [0.25, 0.3) is 0 Å². The molecule has 2 aromatic carbocycles.